The monoisotopic (exact) mass is 416 g/mol. The number of halogens is 2. The van der Waals surface area contributed by atoms with Crippen LogP contribution in [-0.2, 0) is 6.42 Å². The van der Waals surface area contributed by atoms with Gasteiger partial charge in [0, 0.05) is 0 Å². The third-order valence-corrected chi connectivity index (χ3v) is 7.72. The molecule has 1 aromatic rings. The summed E-state index contributed by atoms with van der Waals surface area (Å²) in [5.41, 5.74) is 2.95. The van der Waals surface area contributed by atoms with Crippen molar-refractivity contribution >= 4 is 17.2 Å². The van der Waals surface area contributed by atoms with E-state index in [4.69, 9.17) is 11.6 Å². The Kier molecular flexibility index (Phi) is 8.85. The molecule has 0 aliphatic heterocycles. The van der Waals surface area contributed by atoms with Crippen molar-refractivity contribution in [1.29, 1.82) is 0 Å². The highest BCUT2D eigenvalue weighted by Gasteiger charge is 2.29. The van der Waals surface area contributed by atoms with E-state index in [2.05, 4.69) is 31.7 Å². The van der Waals surface area contributed by atoms with Crippen LogP contribution in [0.4, 0.5) is 4.39 Å². The van der Waals surface area contributed by atoms with Crippen molar-refractivity contribution in [1.82, 2.24) is 0 Å². The first-order chi connectivity index (χ1) is 14.1. The summed E-state index contributed by atoms with van der Waals surface area (Å²) in [6, 6.07) is 4.02. The molecule has 0 aromatic heterocycles. The van der Waals surface area contributed by atoms with Gasteiger partial charge in [-0.05, 0) is 92.2 Å². The van der Waals surface area contributed by atoms with Crippen LogP contribution in [0.3, 0.4) is 0 Å². The molecule has 3 rings (SSSR count). The summed E-state index contributed by atoms with van der Waals surface area (Å²) >= 11 is 6.46. The Bertz CT molecular complexity index is 697. The summed E-state index contributed by atoms with van der Waals surface area (Å²) in [5, 5.41) is 0.339. The summed E-state index contributed by atoms with van der Waals surface area (Å²) in [5.74, 6) is 2.40. The van der Waals surface area contributed by atoms with E-state index in [1.165, 1.54) is 50.5 Å². The molecule has 1 aromatic carbocycles. The van der Waals surface area contributed by atoms with Gasteiger partial charge in [-0.2, -0.15) is 0 Å². The van der Waals surface area contributed by atoms with Gasteiger partial charge >= 0.3 is 0 Å². The number of benzene rings is 1. The quantitative estimate of drug-likeness (QED) is 0.278. The van der Waals surface area contributed by atoms with E-state index in [0.717, 1.165) is 67.4 Å². The van der Waals surface area contributed by atoms with E-state index >= 15 is 0 Å². The van der Waals surface area contributed by atoms with Crippen LogP contribution in [0.15, 0.2) is 30.9 Å². The van der Waals surface area contributed by atoms with Crippen molar-refractivity contribution in [2.24, 2.45) is 17.8 Å². The molecular formula is C27H38ClF. The van der Waals surface area contributed by atoms with Crippen LogP contribution in [0.2, 0.25) is 5.02 Å². The van der Waals surface area contributed by atoms with Gasteiger partial charge in [0.1, 0.15) is 5.82 Å². The second kappa shape index (κ2) is 11.3. The maximum absolute atomic E-state index is 14.8. The second-order valence-electron chi connectivity index (χ2n) is 9.27. The second-order valence-corrected chi connectivity index (χ2v) is 9.65. The SMILES string of the molecule is C=CCCC1CCC(C2CC=C(c3ccc(CCCCC)c(F)c3Cl)CC2)CC1. The molecular weight excluding hydrogens is 379 g/mol. The Balaban J connectivity index is 1.57. The van der Waals surface area contributed by atoms with Crippen molar-refractivity contribution in [2.75, 3.05) is 0 Å². The van der Waals surface area contributed by atoms with Gasteiger partial charge in [0.25, 0.3) is 0 Å². The maximum atomic E-state index is 14.8. The fourth-order valence-electron chi connectivity index (χ4n) is 5.43. The predicted octanol–water partition coefficient (Wildman–Crippen LogP) is 9.17. The number of rotatable bonds is 9. The van der Waals surface area contributed by atoms with Gasteiger partial charge in [-0.15, -0.1) is 6.58 Å². The summed E-state index contributed by atoms with van der Waals surface area (Å²) < 4.78 is 14.8. The Morgan fingerprint density at radius 2 is 1.90 bits per heavy atom. The molecule has 0 heterocycles. The predicted molar refractivity (Wildman–Crippen MR) is 125 cm³/mol. The lowest BCUT2D eigenvalue weighted by Gasteiger charge is -2.35. The summed E-state index contributed by atoms with van der Waals surface area (Å²) in [4.78, 5) is 0. The third-order valence-electron chi connectivity index (χ3n) is 7.35. The minimum Gasteiger partial charge on any atom is -0.205 e. The Hall–Kier alpha value is -1.08. The fourth-order valence-corrected chi connectivity index (χ4v) is 5.73. The van der Waals surface area contributed by atoms with Gasteiger partial charge in [-0.3, -0.25) is 0 Å². The van der Waals surface area contributed by atoms with Gasteiger partial charge in [0.05, 0.1) is 5.02 Å². The first-order valence-electron chi connectivity index (χ1n) is 11.9. The maximum Gasteiger partial charge on any atom is 0.145 e. The molecule has 0 radical (unpaired) electrons. The smallest absolute Gasteiger partial charge is 0.145 e. The molecule has 2 aliphatic rings. The molecule has 0 saturated heterocycles. The molecule has 29 heavy (non-hydrogen) atoms. The standard InChI is InChI=1S/C27H38ClF/c1-3-5-7-9-24-18-19-25(26(28)27(24)29)23-16-14-22(15-17-23)21-12-10-20(11-13-21)8-6-4-2/h4,16,18-22H,2-3,5-15,17H2,1H3. The van der Waals surface area contributed by atoms with E-state index in [9.17, 15) is 4.39 Å². The van der Waals surface area contributed by atoms with Crippen LogP contribution in [0.1, 0.15) is 95.1 Å². The lowest BCUT2D eigenvalue weighted by Crippen LogP contribution is -2.23. The fraction of sp³-hybridized carbons (Fsp3) is 0.630. The lowest BCUT2D eigenvalue weighted by atomic mass is 9.70. The van der Waals surface area contributed by atoms with Crippen molar-refractivity contribution in [3.8, 4) is 0 Å². The third kappa shape index (κ3) is 5.97. The zero-order valence-electron chi connectivity index (χ0n) is 18.2. The number of aryl methyl sites for hydroxylation is 1. The van der Waals surface area contributed by atoms with E-state index in [1.54, 1.807) is 0 Å². The van der Waals surface area contributed by atoms with E-state index in [1.807, 2.05) is 6.07 Å². The van der Waals surface area contributed by atoms with Crippen LogP contribution in [0.25, 0.3) is 5.57 Å². The van der Waals surface area contributed by atoms with Gasteiger partial charge in [-0.1, -0.05) is 68.5 Å². The molecule has 1 saturated carbocycles. The first-order valence-corrected chi connectivity index (χ1v) is 12.3. The number of allylic oxidation sites excluding steroid dienone is 3. The molecule has 0 bridgehead atoms. The average Bonchev–Trinajstić information content (AvgIpc) is 2.76. The van der Waals surface area contributed by atoms with Crippen molar-refractivity contribution in [3.63, 3.8) is 0 Å². The van der Waals surface area contributed by atoms with Crippen LogP contribution in [-0.4, -0.2) is 0 Å². The Morgan fingerprint density at radius 3 is 2.55 bits per heavy atom. The van der Waals surface area contributed by atoms with Gasteiger partial charge in [-0.25, -0.2) is 4.39 Å². The highest BCUT2D eigenvalue weighted by molar-refractivity contribution is 6.32. The normalized spacial score (nSPS) is 24.9. The van der Waals surface area contributed by atoms with Crippen LogP contribution < -0.4 is 0 Å². The molecule has 2 aliphatic carbocycles. The lowest BCUT2D eigenvalue weighted by molar-refractivity contribution is 0.190. The molecule has 0 spiro atoms. The highest BCUT2D eigenvalue weighted by atomic mass is 35.5. The van der Waals surface area contributed by atoms with Gasteiger partial charge < -0.3 is 0 Å². The van der Waals surface area contributed by atoms with Crippen LogP contribution in [0.5, 0.6) is 0 Å². The molecule has 1 fully saturated rings. The Morgan fingerprint density at radius 1 is 1.10 bits per heavy atom. The minimum absolute atomic E-state index is 0.193. The Labute approximate surface area is 182 Å². The largest absolute Gasteiger partial charge is 0.205 e. The van der Waals surface area contributed by atoms with E-state index in [0.29, 0.717) is 5.02 Å². The number of hydrogen-bond donors (Lipinski definition) is 0. The average molecular weight is 417 g/mol. The minimum atomic E-state index is -0.193. The highest BCUT2D eigenvalue weighted by Crippen LogP contribution is 2.43. The van der Waals surface area contributed by atoms with Crippen molar-refractivity contribution in [3.05, 3.63) is 52.8 Å². The zero-order chi connectivity index (χ0) is 20.6. The molecule has 1 unspecified atom stereocenters. The van der Waals surface area contributed by atoms with Gasteiger partial charge in [0.15, 0.2) is 0 Å². The van der Waals surface area contributed by atoms with Crippen LogP contribution in [0, 0.1) is 23.6 Å². The van der Waals surface area contributed by atoms with Crippen LogP contribution >= 0.6 is 11.6 Å². The van der Waals surface area contributed by atoms with Crippen molar-refractivity contribution in [2.45, 2.75) is 90.4 Å². The molecule has 1 atom stereocenters. The van der Waals surface area contributed by atoms with E-state index in [-0.39, 0.29) is 5.82 Å². The van der Waals surface area contributed by atoms with E-state index < -0.39 is 0 Å². The summed E-state index contributed by atoms with van der Waals surface area (Å²) in [7, 11) is 0. The molecule has 0 amide bonds. The summed E-state index contributed by atoms with van der Waals surface area (Å²) in [6.07, 6.45) is 20.0. The number of hydrogen-bond acceptors (Lipinski definition) is 0. The molecule has 160 valence electrons. The zero-order valence-corrected chi connectivity index (χ0v) is 19.0. The molecule has 2 heteroatoms. The first kappa shape index (κ1) is 22.6. The molecule has 0 nitrogen and oxygen atoms in total. The van der Waals surface area contributed by atoms with Gasteiger partial charge in [0.2, 0.25) is 0 Å². The summed E-state index contributed by atoms with van der Waals surface area (Å²) in [6.45, 7) is 6.03. The molecule has 0 N–H and O–H groups in total. The number of unbranched alkanes of at least 4 members (excludes halogenated alkanes) is 2. The van der Waals surface area contributed by atoms with Crippen molar-refractivity contribution < 1.29 is 4.39 Å². The topological polar surface area (TPSA) is 0 Å².